The molecule has 1 fully saturated rings. The molecule has 1 aromatic carbocycles. The molecule has 1 heterocycles. The van der Waals surface area contributed by atoms with Crippen molar-refractivity contribution >= 4 is 0 Å². The monoisotopic (exact) mass is 290 g/mol. The Balaban J connectivity index is 1.85. The Morgan fingerprint density at radius 1 is 1.14 bits per heavy atom. The van der Waals surface area contributed by atoms with Crippen molar-refractivity contribution in [3.8, 4) is 11.5 Å². The Morgan fingerprint density at radius 2 is 1.90 bits per heavy atom. The number of likely N-dealkylation sites (tertiary alicyclic amines) is 1. The van der Waals surface area contributed by atoms with Gasteiger partial charge in [0.15, 0.2) is 11.5 Å². The summed E-state index contributed by atoms with van der Waals surface area (Å²) in [5.41, 5.74) is 1.20. The summed E-state index contributed by atoms with van der Waals surface area (Å²) >= 11 is 0. The van der Waals surface area contributed by atoms with Crippen molar-refractivity contribution in [3.05, 3.63) is 36.4 Å². The lowest BCUT2D eigenvalue weighted by molar-refractivity contribution is -0.899. The molecule has 1 saturated heterocycles. The summed E-state index contributed by atoms with van der Waals surface area (Å²) in [6.07, 6.45) is 8.25. The van der Waals surface area contributed by atoms with Crippen LogP contribution in [-0.4, -0.2) is 33.4 Å². The summed E-state index contributed by atoms with van der Waals surface area (Å²) in [5.74, 6) is 1.67. The minimum absolute atomic E-state index is 0.756. The molecule has 116 valence electrons. The number of quaternary nitrogens is 1. The van der Waals surface area contributed by atoms with Crippen LogP contribution in [0.5, 0.6) is 11.5 Å². The lowest BCUT2D eigenvalue weighted by Crippen LogP contribution is -3.12. The Morgan fingerprint density at radius 3 is 2.57 bits per heavy atom. The van der Waals surface area contributed by atoms with Gasteiger partial charge in [-0.1, -0.05) is 12.1 Å². The van der Waals surface area contributed by atoms with Gasteiger partial charge in [-0.2, -0.15) is 0 Å². The molecule has 0 aromatic heterocycles. The summed E-state index contributed by atoms with van der Waals surface area (Å²) < 4.78 is 11.4. The van der Waals surface area contributed by atoms with Crippen LogP contribution >= 0.6 is 0 Å². The molecule has 1 N–H and O–H groups in total. The van der Waals surface area contributed by atoms with Crippen LogP contribution in [0.3, 0.4) is 0 Å². The molecule has 0 amide bonds. The fourth-order valence-corrected chi connectivity index (χ4v) is 2.91. The minimum atomic E-state index is 0.756. The zero-order valence-corrected chi connectivity index (χ0v) is 13.2. The van der Waals surface area contributed by atoms with E-state index < -0.39 is 0 Å². The smallest absolute Gasteiger partial charge is 0.161 e. The second-order valence-electron chi connectivity index (χ2n) is 5.74. The Bertz CT molecular complexity index is 437. The van der Waals surface area contributed by atoms with E-state index in [-0.39, 0.29) is 0 Å². The zero-order chi connectivity index (χ0) is 14.9. The van der Waals surface area contributed by atoms with Crippen LogP contribution in [0.2, 0.25) is 0 Å². The van der Waals surface area contributed by atoms with E-state index in [1.807, 2.05) is 18.2 Å². The third-order valence-electron chi connectivity index (χ3n) is 4.13. The molecule has 0 atom stereocenters. The first-order valence-corrected chi connectivity index (χ1v) is 8.07. The van der Waals surface area contributed by atoms with Crippen molar-refractivity contribution < 1.29 is 14.4 Å². The van der Waals surface area contributed by atoms with Crippen LogP contribution in [0.1, 0.15) is 31.2 Å². The first-order chi connectivity index (χ1) is 10.3. The lowest BCUT2D eigenvalue weighted by Gasteiger charge is -2.18. The molecule has 21 heavy (non-hydrogen) atoms. The van der Waals surface area contributed by atoms with E-state index in [0.29, 0.717) is 0 Å². The second-order valence-corrected chi connectivity index (χ2v) is 5.74. The van der Waals surface area contributed by atoms with Crippen LogP contribution < -0.4 is 14.4 Å². The molecule has 3 nitrogen and oxygen atoms in total. The fourth-order valence-electron chi connectivity index (χ4n) is 2.91. The number of benzene rings is 1. The maximum atomic E-state index is 5.93. The van der Waals surface area contributed by atoms with E-state index in [0.717, 1.165) is 31.1 Å². The summed E-state index contributed by atoms with van der Waals surface area (Å²) in [4.78, 5) is 1.68. The third-order valence-corrected chi connectivity index (χ3v) is 4.13. The standard InChI is InChI=1S/C18H27NO2/c1-3-8-16-9-10-17(18(15-16)20-2)21-14-13-19-11-6-4-5-7-12-19/h3,9-10,15H,1,4-8,11-14H2,2H3/p+1. The first-order valence-electron chi connectivity index (χ1n) is 8.07. The Hall–Kier alpha value is -1.48. The average molecular weight is 290 g/mol. The maximum absolute atomic E-state index is 5.93. The van der Waals surface area contributed by atoms with Gasteiger partial charge in [0, 0.05) is 0 Å². The molecule has 0 unspecified atom stereocenters. The number of nitrogens with one attached hydrogen (secondary N) is 1. The highest BCUT2D eigenvalue weighted by Gasteiger charge is 2.12. The number of methoxy groups -OCH3 is 1. The number of allylic oxidation sites excluding steroid dienone is 1. The molecule has 1 aromatic rings. The molecule has 1 aliphatic rings. The predicted molar refractivity (Wildman–Crippen MR) is 86.4 cm³/mol. The molecule has 0 spiro atoms. The molecule has 3 heteroatoms. The van der Waals surface area contributed by atoms with Gasteiger partial charge in [-0.25, -0.2) is 0 Å². The first kappa shape index (κ1) is 15.9. The highest BCUT2D eigenvalue weighted by atomic mass is 16.5. The normalized spacial score (nSPS) is 16.2. The van der Waals surface area contributed by atoms with E-state index in [1.165, 1.54) is 44.3 Å². The summed E-state index contributed by atoms with van der Waals surface area (Å²) in [6, 6.07) is 6.13. The van der Waals surface area contributed by atoms with Gasteiger partial charge < -0.3 is 14.4 Å². The molecule has 0 saturated carbocycles. The van der Waals surface area contributed by atoms with Gasteiger partial charge in [-0.3, -0.25) is 0 Å². The van der Waals surface area contributed by atoms with Crippen molar-refractivity contribution in [3.63, 3.8) is 0 Å². The summed E-state index contributed by atoms with van der Waals surface area (Å²) in [7, 11) is 1.69. The van der Waals surface area contributed by atoms with Gasteiger partial charge in [0.1, 0.15) is 13.2 Å². The van der Waals surface area contributed by atoms with Gasteiger partial charge in [0.25, 0.3) is 0 Å². The van der Waals surface area contributed by atoms with Gasteiger partial charge in [0.2, 0.25) is 0 Å². The van der Waals surface area contributed by atoms with E-state index in [1.54, 1.807) is 12.0 Å². The maximum Gasteiger partial charge on any atom is 0.161 e. The molecule has 0 bridgehead atoms. The predicted octanol–water partition coefficient (Wildman–Crippen LogP) is 2.26. The van der Waals surface area contributed by atoms with Crippen LogP contribution in [0, 0.1) is 0 Å². The van der Waals surface area contributed by atoms with Gasteiger partial charge >= 0.3 is 0 Å². The Kier molecular flexibility index (Phi) is 6.61. The third kappa shape index (κ3) is 5.09. The largest absolute Gasteiger partial charge is 0.493 e. The number of hydrogen-bond acceptors (Lipinski definition) is 2. The topological polar surface area (TPSA) is 22.9 Å². The Labute approximate surface area is 128 Å². The van der Waals surface area contributed by atoms with E-state index >= 15 is 0 Å². The average Bonchev–Trinajstić information content (AvgIpc) is 2.77. The van der Waals surface area contributed by atoms with Crippen LogP contribution in [0.15, 0.2) is 30.9 Å². The van der Waals surface area contributed by atoms with Crippen molar-refractivity contribution in [2.24, 2.45) is 0 Å². The second kappa shape index (κ2) is 8.73. The molecule has 0 radical (unpaired) electrons. The van der Waals surface area contributed by atoms with Crippen LogP contribution in [-0.2, 0) is 6.42 Å². The summed E-state index contributed by atoms with van der Waals surface area (Å²) in [6.45, 7) is 8.19. The number of hydrogen-bond donors (Lipinski definition) is 1. The fraction of sp³-hybridized carbons (Fsp3) is 0.556. The zero-order valence-electron chi connectivity index (χ0n) is 13.2. The van der Waals surface area contributed by atoms with E-state index in [9.17, 15) is 0 Å². The molecular formula is C18H28NO2+. The summed E-state index contributed by atoms with van der Waals surface area (Å²) in [5, 5.41) is 0. The highest BCUT2D eigenvalue weighted by molar-refractivity contribution is 5.43. The van der Waals surface area contributed by atoms with E-state index in [2.05, 4.69) is 12.6 Å². The molecule has 0 aliphatic carbocycles. The lowest BCUT2D eigenvalue weighted by atomic mass is 10.1. The highest BCUT2D eigenvalue weighted by Crippen LogP contribution is 2.28. The SMILES string of the molecule is C=CCc1ccc(OCC[NH+]2CCCCCC2)c(OC)c1. The van der Waals surface area contributed by atoms with Gasteiger partial charge in [0.05, 0.1) is 20.2 Å². The van der Waals surface area contributed by atoms with Gasteiger partial charge in [-0.05, 0) is 49.8 Å². The molecule has 2 rings (SSSR count). The van der Waals surface area contributed by atoms with Gasteiger partial charge in [-0.15, -0.1) is 6.58 Å². The van der Waals surface area contributed by atoms with Crippen LogP contribution in [0.4, 0.5) is 0 Å². The van der Waals surface area contributed by atoms with Crippen molar-refractivity contribution in [1.29, 1.82) is 0 Å². The quantitative estimate of drug-likeness (QED) is 0.779. The minimum Gasteiger partial charge on any atom is -0.493 e. The number of rotatable bonds is 7. The van der Waals surface area contributed by atoms with Crippen molar-refractivity contribution in [2.75, 3.05) is 33.4 Å². The van der Waals surface area contributed by atoms with Crippen molar-refractivity contribution in [2.45, 2.75) is 32.1 Å². The van der Waals surface area contributed by atoms with Crippen LogP contribution in [0.25, 0.3) is 0 Å². The van der Waals surface area contributed by atoms with E-state index in [4.69, 9.17) is 9.47 Å². The number of ether oxygens (including phenoxy) is 2. The molecule has 1 aliphatic heterocycles. The molecular weight excluding hydrogens is 262 g/mol. The van der Waals surface area contributed by atoms with Crippen molar-refractivity contribution in [1.82, 2.24) is 0 Å².